The molecule has 1 aliphatic rings. The number of nitrogens with one attached hydrogen (secondary N) is 1. The molecule has 0 radical (unpaired) electrons. The van der Waals surface area contributed by atoms with Gasteiger partial charge in [-0.15, -0.1) is 12.4 Å². The first-order chi connectivity index (χ1) is 7.58. The van der Waals surface area contributed by atoms with E-state index in [0.29, 0.717) is 13.0 Å². The second kappa shape index (κ2) is 7.47. The van der Waals surface area contributed by atoms with Gasteiger partial charge in [-0.1, -0.05) is 0 Å². The van der Waals surface area contributed by atoms with Crippen LogP contribution in [-0.2, 0) is 19.1 Å². The van der Waals surface area contributed by atoms with Crippen LogP contribution in [0, 0.1) is 0 Å². The maximum absolute atomic E-state index is 11.7. The molecule has 6 nitrogen and oxygen atoms in total. The summed E-state index contributed by atoms with van der Waals surface area (Å²) in [6, 6.07) is -0.655. The summed E-state index contributed by atoms with van der Waals surface area (Å²) >= 11 is 0. The van der Waals surface area contributed by atoms with Gasteiger partial charge in [0.05, 0.1) is 13.2 Å². The van der Waals surface area contributed by atoms with E-state index in [9.17, 15) is 9.59 Å². The molecule has 0 bridgehead atoms. The Bertz CT molecular complexity index is 275. The molecule has 1 rings (SSSR count). The van der Waals surface area contributed by atoms with Gasteiger partial charge in [-0.3, -0.25) is 4.79 Å². The van der Waals surface area contributed by atoms with Gasteiger partial charge in [-0.25, -0.2) is 4.79 Å². The van der Waals surface area contributed by atoms with Crippen LogP contribution in [0.25, 0.3) is 0 Å². The lowest BCUT2D eigenvalue weighted by atomic mass is 10.2. The molecule has 0 aromatic rings. The molecule has 0 aliphatic carbocycles. The van der Waals surface area contributed by atoms with E-state index in [4.69, 9.17) is 10.5 Å². The topological polar surface area (TPSA) is 90.7 Å². The maximum atomic E-state index is 11.7. The van der Waals surface area contributed by atoms with Crippen molar-refractivity contribution in [3.05, 3.63) is 0 Å². The van der Waals surface area contributed by atoms with Gasteiger partial charge in [0.2, 0.25) is 5.91 Å². The van der Waals surface area contributed by atoms with Crippen LogP contribution in [0.15, 0.2) is 0 Å². The Labute approximate surface area is 107 Å². The summed E-state index contributed by atoms with van der Waals surface area (Å²) in [4.78, 5) is 22.7. The number of esters is 1. The molecular weight excluding hydrogens is 248 g/mol. The second-order valence-electron chi connectivity index (χ2n) is 3.81. The van der Waals surface area contributed by atoms with E-state index in [1.807, 2.05) is 0 Å². The van der Waals surface area contributed by atoms with Crippen LogP contribution in [0.1, 0.15) is 19.8 Å². The van der Waals surface area contributed by atoms with Crippen molar-refractivity contribution in [1.82, 2.24) is 5.32 Å². The highest BCUT2D eigenvalue weighted by molar-refractivity contribution is 5.86. The molecule has 0 aromatic heterocycles. The minimum atomic E-state index is -0.655. The smallest absolute Gasteiger partial charge is 0.328 e. The largest absolute Gasteiger partial charge is 0.467 e. The number of nitrogens with two attached hydrogens (primary N) is 1. The third kappa shape index (κ3) is 4.49. The third-order valence-corrected chi connectivity index (χ3v) is 2.58. The zero-order valence-corrected chi connectivity index (χ0v) is 10.8. The quantitative estimate of drug-likeness (QED) is 0.675. The molecule has 0 aromatic carbocycles. The molecule has 7 heteroatoms. The summed E-state index contributed by atoms with van der Waals surface area (Å²) in [7, 11) is 1.28. The number of carbonyl (C=O) groups is 2. The van der Waals surface area contributed by atoms with Crippen molar-refractivity contribution in [3.63, 3.8) is 0 Å². The molecular formula is C10H19ClN2O4. The van der Waals surface area contributed by atoms with Crippen molar-refractivity contribution in [1.29, 1.82) is 0 Å². The number of hydrogen-bond acceptors (Lipinski definition) is 5. The Kier molecular flexibility index (Phi) is 7.10. The van der Waals surface area contributed by atoms with Crippen molar-refractivity contribution < 1.29 is 19.1 Å². The number of amides is 1. The lowest BCUT2D eigenvalue weighted by molar-refractivity contribution is -0.146. The van der Waals surface area contributed by atoms with Gasteiger partial charge in [0.25, 0.3) is 0 Å². The van der Waals surface area contributed by atoms with Crippen molar-refractivity contribution in [3.8, 4) is 0 Å². The van der Waals surface area contributed by atoms with Gasteiger partial charge in [0.15, 0.2) is 0 Å². The monoisotopic (exact) mass is 266 g/mol. The van der Waals surface area contributed by atoms with Crippen molar-refractivity contribution in [2.75, 3.05) is 13.7 Å². The second-order valence-corrected chi connectivity index (χ2v) is 3.81. The first-order valence-corrected chi connectivity index (χ1v) is 5.32. The number of carbonyl (C=O) groups excluding carboxylic acids is 2. The lowest BCUT2D eigenvalue weighted by Gasteiger charge is -2.15. The molecule has 0 saturated carbocycles. The molecule has 3 N–H and O–H groups in total. The molecule has 0 unspecified atom stereocenters. The standard InChI is InChI=1S/C10H18N2O4.ClH/c1-6(10(14)15-2)12-9(13)8-4-3-7(5-11)16-8;/h6-8H,3-5,11H2,1-2H3,(H,12,13);1H/t6-,7-,8+;/m1./s1. The number of methoxy groups -OCH3 is 1. The highest BCUT2D eigenvalue weighted by atomic mass is 35.5. The minimum absolute atomic E-state index is 0. The van der Waals surface area contributed by atoms with Crippen LogP contribution in [0.3, 0.4) is 0 Å². The highest BCUT2D eigenvalue weighted by Crippen LogP contribution is 2.18. The Morgan fingerprint density at radius 2 is 2.18 bits per heavy atom. The van der Waals surface area contributed by atoms with Gasteiger partial charge in [0, 0.05) is 6.54 Å². The fraction of sp³-hybridized carbons (Fsp3) is 0.800. The highest BCUT2D eigenvalue weighted by Gasteiger charge is 2.31. The van der Waals surface area contributed by atoms with Crippen molar-refractivity contribution in [2.24, 2.45) is 5.73 Å². The molecule has 100 valence electrons. The number of hydrogen-bond donors (Lipinski definition) is 2. The summed E-state index contributed by atoms with van der Waals surface area (Å²) in [5, 5.41) is 2.54. The van der Waals surface area contributed by atoms with Gasteiger partial charge in [-0.05, 0) is 19.8 Å². The molecule has 1 heterocycles. The van der Waals surface area contributed by atoms with Crippen molar-refractivity contribution >= 4 is 24.3 Å². The molecule has 1 aliphatic heterocycles. The normalized spacial score (nSPS) is 24.6. The average Bonchev–Trinajstić information content (AvgIpc) is 2.76. The maximum Gasteiger partial charge on any atom is 0.328 e. The fourth-order valence-electron chi connectivity index (χ4n) is 1.61. The first-order valence-electron chi connectivity index (χ1n) is 5.32. The molecule has 3 atom stereocenters. The van der Waals surface area contributed by atoms with E-state index in [1.165, 1.54) is 7.11 Å². The molecule has 17 heavy (non-hydrogen) atoms. The Morgan fingerprint density at radius 1 is 1.53 bits per heavy atom. The molecule has 1 amide bonds. The Morgan fingerprint density at radius 3 is 2.65 bits per heavy atom. The third-order valence-electron chi connectivity index (χ3n) is 2.58. The molecule has 0 spiro atoms. The first kappa shape index (κ1) is 16.1. The number of ether oxygens (including phenoxy) is 2. The summed E-state index contributed by atoms with van der Waals surface area (Å²) in [5.74, 6) is -0.754. The van der Waals surface area contributed by atoms with Gasteiger partial charge in [0.1, 0.15) is 12.1 Å². The summed E-state index contributed by atoms with van der Waals surface area (Å²) in [5.41, 5.74) is 5.44. The van der Waals surface area contributed by atoms with Gasteiger partial charge in [-0.2, -0.15) is 0 Å². The zero-order valence-electron chi connectivity index (χ0n) is 9.97. The van der Waals surface area contributed by atoms with Crippen LogP contribution in [0.5, 0.6) is 0 Å². The average molecular weight is 267 g/mol. The van der Waals surface area contributed by atoms with E-state index in [1.54, 1.807) is 6.92 Å². The SMILES string of the molecule is COC(=O)[C@@H](C)NC(=O)[C@@H]1CC[C@H](CN)O1.Cl. The van der Waals surface area contributed by atoms with E-state index in [0.717, 1.165) is 6.42 Å². The van der Waals surface area contributed by atoms with E-state index >= 15 is 0 Å². The predicted octanol–water partition coefficient (Wildman–Crippen LogP) is -0.408. The Balaban J connectivity index is 0.00000256. The number of rotatable bonds is 4. The van der Waals surface area contributed by atoms with E-state index < -0.39 is 18.1 Å². The summed E-state index contributed by atoms with van der Waals surface area (Å²) in [6.45, 7) is 1.98. The van der Waals surface area contributed by atoms with Crippen LogP contribution in [0.4, 0.5) is 0 Å². The zero-order chi connectivity index (χ0) is 12.1. The molecule has 1 fully saturated rings. The summed E-state index contributed by atoms with van der Waals surface area (Å²) in [6.07, 6.45) is 0.868. The van der Waals surface area contributed by atoms with E-state index in [-0.39, 0.29) is 24.4 Å². The predicted molar refractivity (Wildman–Crippen MR) is 63.8 cm³/mol. The van der Waals surface area contributed by atoms with Gasteiger partial charge < -0.3 is 20.5 Å². The summed E-state index contributed by atoms with van der Waals surface area (Å²) < 4.78 is 9.90. The van der Waals surface area contributed by atoms with Crippen LogP contribution >= 0.6 is 12.4 Å². The van der Waals surface area contributed by atoms with E-state index in [2.05, 4.69) is 10.1 Å². The lowest BCUT2D eigenvalue weighted by Crippen LogP contribution is -2.44. The fourth-order valence-corrected chi connectivity index (χ4v) is 1.61. The number of halogens is 1. The molecule has 1 saturated heterocycles. The Hall–Kier alpha value is -0.850. The van der Waals surface area contributed by atoms with Gasteiger partial charge >= 0.3 is 5.97 Å². The van der Waals surface area contributed by atoms with Crippen LogP contribution in [0.2, 0.25) is 0 Å². The van der Waals surface area contributed by atoms with Crippen molar-refractivity contribution in [2.45, 2.75) is 38.0 Å². The van der Waals surface area contributed by atoms with Crippen LogP contribution in [-0.4, -0.2) is 43.8 Å². The van der Waals surface area contributed by atoms with Crippen LogP contribution < -0.4 is 11.1 Å². The minimum Gasteiger partial charge on any atom is -0.467 e.